The maximum absolute atomic E-state index is 13.6. The Hall–Kier alpha value is -2.20. The quantitative estimate of drug-likeness (QED) is 0.530. The molecule has 0 radical (unpaired) electrons. The Morgan fingerprint density at radius 3 is 2.52 bits per heavy atom. The van der Waals surface area contributed by atoms with Crippen LogP contribution in [-0.4, -0.2) is 12.5 Å². The number of carbonyl (C=O) groups excluding carboxylic acids is 1. The third-order valence-electron chi connectivity index (χ3n) is 5.80. The Bertz CT molecular complexity index is 1150. The first-order chi connectivity index (χ1) is 14.0. The lowest BCUT2D eigenvalue weighted by Gasteiger charge is -2.39. The Balaban J connectivity index is 1.72. The van der Waals surface area contributed by atoms with Crippen molar-refractivity contribution in [1.29, 1.82) is 0 Å². The van der Waals surface area contributed by atoms with E-state index >= 15 is 0 Å². The molecule has 29 heavy (non-hydrogen) atoms. The van der Waals surface area contributed by atoms with Crippen LogP contribution in [0.5, 0.6) is 0 Å². The number of fused-ring (bicyclic) bond motifs is 2. The molecule has 1 unspecified atom stereocenters. The van der Waals surface area contributed by atoms with Crippen LogP contribution in [0.3, 0.4) is 0 Å². The molecule has 1 atom stereocenters. The molecule has 5 rings (SSSR count). The molecule has 0 saturated heterocycles. The van der Waals surface area contributed by atoms with Crippen LogP contribution >= 0.6 is 34.8 Å². The molecule has 0 fully saturated rings. The molecule has 2 aliphatic rings. The van der Waals surface area contributed by atoms with E-state index in [0.717, 1.165) is 35.5 Å². The van der Waals surface area contributed by atoms with Crippen molar-refractivity contribution in [2.75, 3.05) is 16.8 Å². The zero-order valence-corrected chi connectivity index (χ0v) is 17.7. The van der Waals surface area contributed by atoms with Gasteiger partial charge in [0.15, 0.2) is 5.54 Å². The fraction of sp³-hybridized carbons (Fsp3) is 0.174. The van der Waals surface area contributed by atoms with Gasteiger partial charge in [-0.05, 0) is 53.9 Å². The highest BCUT2D eigenvalue weighted by Crippen LogP contribution is 2.48. The number of hydrogen-bond acceptors (Lipinski definition) is 2. The number of hydrogen-bond donors (Lipinski definition) is 1. The monoisotopic (exact) mass is 442 g/mol. The first-order valence-corrected chi connectivity index (χ1v) is 10.5. The molecule has 2 aliphatic heterocycles. The van der Waals surface area contributed by atoms with E-state index in [2.05, 4.69) is 10.2 Å². The third kappa shape index (κ3) is 3.00. The van der Waals surface area contributed by atoms with Crippen molar-refractivity contribution in [3.05, 3.63) is 92.4 Å². The molecular weight excluding hydrogens is 427 g/mol. The van der Waals surface area contributed by atoms with E-state index in [4.69, 9.17) is 34.8 Å². The average molecular weight is 444 g/mol. The lowest BCUT2D eigenvalue weighted by Crippen LogP contribution is -2.52. The number of carbonyl (C=O) groups is 1. The minimum atomic E-state index is -0.902. The van der Waals surface area contributed by atoms with Crippen molar-refractivity contribution in [2.45, 2.75) is 18.4 Å². The predicted octanol–water partition coefficient (Wildman–Crippen LogP) is 6.10. The van der Waals surface area contributed by atoms with E-state index in [1.54, 1.807) is 0 Å². The van der Waals surface area contributed by atoms with Crippen LogP contribution < -0.4 is 10.2 Å². The van der Waals surface area contributed by atoms with Crippen molar-refractivity contribution in [2.24, 2.45) is 0 Å². The average Bonchev–Trinajstić information content (AvgIpc) is 3.20. The van der Waals surface area contributed by atoms with Crippen molar-refractivity contribution in [1.82, 2.24) is 0 Å². The van der Waals surface area contributed by atoms with Crippen LogP contribution in [-0.2, 0) is 23.2 Å². The van der Waals surface area contributed by atoms with Crippen LogP contribution in [0, 0.1) is 0 Å². The summed E-state index contributed by atoms with van der Waals surface area (Å²) in [6.45, 7) is 0.728. The maximum Gasteiger partial charge on any atom is 0.255 e. The summed E-state index contributed by atoms with van der Waals surface area (Å²) in [4.78, 5) is 15.8. The summed E-state index contributed by atoms with van der Waals surface area (Å²) in [7, 11) is 0. The van der Waals surface area contributed by atoms with E-state index in [-0.39, 0.29) is 5.91 Å². The molecular formula is C23H17Cl3N2O. The van der Waals surface area contributed by atoms with Gasteiger partial charge in [0.05, 0.1) is 0 Å². The molecule has 146 valence electrons. The fourth-order valence-electron chi connectivity index (χ4n) is 4.56. The topological polar surface area (TPSA) is 32.3 Å². The normalized spacial score (nSPS) is 19.8. The number of amides is 1. The minimum absolute atomic E-state index is 0.0671. The molecule has 0 saturated carbocycles. The highest BCUT2D eigenvalue weighted by Gasteiger charge is 2.52. The highest BCUT2D eigenvalue weighted by molar-refractivity contribution is 6.31. The standard InChI is InChI=1S/C23H17Cl3N2O/c24-16-3-1-2-14(10-16)13-23(19-7-6-17(25)11-20(19)27-22(23)29)28-9-8-15-4-5-18(26)12-21(15)28/h1-7,10-12H,8-9,13H2,(H,27,29). The van der Waals surface area contributed by atoms with Gasteiger partial charge in [-0.15, -0.1) is 0 Å². The summed E-state index contributed by atoms with van der Waals surface area (Å²) in [5.41, 5.74) is 3.94. The molecule has 0 bridgehead atoms. The number of anilines is 2. The van der Waals surface area contributed by atoms with Crippen LogP contribution in [0.1, 0.15) is 16.7 Å². The van der Waals surface area contributed by atoms with E-state index in [0.29, 0.717) is 21.5 Å². The predicted molar refractivity (Wildman–Crippen MR) is 119 cm³/mol. The molecule has 1 amide bonds. The van der Waals surface area contributed by atoms with Crippen LogP contribution in [0.4, 0.5) is 11.4 Å². The Kier molecular flexibility index (Phi) is 4.50. The van der Waals surface area contributed by atoms with Gasteiger partial charge in [0.25, 0.3) is 5.91 Å². The molecule has 6 heteroatoms. The van der Waals surface area contributed by atoms with Gasteiger partial charge in [-0.2, -0.15) is 0 Å². The van der Waals surface area contributed by atoms with Gasteiger partial charge in [-0.3, -0.25) is 4.79 Å². The molecule has 1 N–H and O–H groups in total. The minimum Gasteiger partial charge on any atom is -0.353 e. The zero-order valence-electron chi connectivity index (χ0n) is 15.4. The first-order valence-electron chi connectivity index (χ1n) is 9.39. The summed E-state index contributed by atoms with van der Waals surface area (Å²) in [6, 6.07) is 19.2. The largest absolute Gasteiger partial charge is 0.353 e. The third-order valence-corrected chi connectivity index (χ3v) is 6.51. The summed E-state index contributed by atoms with van der Waals surface area (Å²) in [6.07, 6.45) is 1.35. The lowest BCUT2D eigenvalue weighted by molar-refractivity contribution is -0.120. The molecule has 3 aromatic carbocycles. The van der Waals surface area contributed by atoms with E-state index in [9.17, 15) is 4.79 Å². The van der Waals surface area contributed by atoms with Crippen LogP contribution in [0.25, 0.3) is 0 Å². The molecule has 0 spiro atoms. The smallest absolute Gasteiger partial charge is 0.255 e. The number of benzene rings is 3. The Labute approximate surface area is 184 Å². The first kappa shape index (κ1) is 18.8. The lowest BCUT2D eigenvalue weighted by atomic mass is 9.83. The summed E-state index contributed by atoms with van der Waals surface area (Å²) in [5.74, 6) is -0.0671. The van der Waals surface area contributed by atoms with Gasteiger partial charge >= 0.3 is 0 Å². The van der Waals surface area contributed by atoms with Gasteiger partial charge in [0.1, 0.15) is 0 Å². The molecule has 0 aromatic heterocycles. The molecule has 3 nitrogen and oxygen atoms in total. The van der Waals surface area contributed by atoms with Gasteiger partial charge < -0.3 is 10.2 Å². The summed E-state index contributed by atoms with van der Waals surface area (Å²) >= 11 is 18.8. The van der Waals surface area contributed by atoms with Gasteiger partial charge in [0, 0.05) is 45.0 Å². The maximum atomic E-state index is 13.6. The number of halogens is 3. The van der Waals surface area contributed by atoms with E-state index in [1.807, 2.05) is 60.7 Å². The fourth-order valence-corrected chi connectivity index (χ4v) is 5.11. The van der Waals surface area contributed by atoms with E-state index in [1.165, 1.54) is 5.56 Å². The Morgan fingerprint density at radius 2 is 1.69 bits per heavy atom. The molecule has 0 aliphatic carbocycles. The Morgan fingerprint density at radius 1 is 0.931 bits per heavy atom. The summed E-state index contributed by atoms with van der Waals surface area (Å²) in [5, 5.41) is 4.95. The van der Waals surface area contributed by atoms with Gasteiger partial charge in [0.2, 0.25) is 0 Å². The van der Waals surface area contributed by atoms with Crippen molar-refractivity contribution >= 4 is 52.1 Å². The van der Waals surface area contributed by atoms with E-state index < -0.39 is 5.54 Å². The zero-order chi connectivity index (χ0) is 20.2. The van der Waals surface area contributed by atoms with Crippen molar-refractivity contribution in [3.8, 4) is 0 Å². The van der Waals surface area contributed by atoms with Crippen molar-refractivity contribution in [3.63, 3.8) is 0 Å². The van der Waals surface area contributed by atoms with Crippen LogP contribution in [0.2, 0.25) is 15.1 Å². The highest BCUT2D eigenvalue weighted by atomic mass is 35.5. The molecule has 2 heterocycles. The number of nitrogens with one attached hydrogen (secondary N) is 1. The number of rotatable bonds is 3. The molecule has 3 aromatic rings. The van der Waals surface area contributed by atoms with Gasteiger partial charge in [-0.25, -0.2) is 0 Å². The second-order valence-corrected chi connectivity index (χ2v) is 8.79. The summed E-state index contributed by atoms with van der Waals surface area (Å²) < 4.78 is 0. The second kappa shape index (κ2) is 6.94. The van der Waals surface area contributed by atoms with Crippen molar-refractivity contribution < 1.29 is 4.79 Å². The SMILES string of the molecule is O=C1Nc2cc(Cl)ccc2C1(Cc1cccc(Cl)c1)N1CCc2ccc(Cl)cc21. The van der Waals surface area contributed by atoms with Crippen LogP contribution in [0.15, 0.2) is 60.7 Å². The second-order valence-electron chi connectivity index (χ2n) is 7.49. The number of nitrogens with zero attached hydrogens (tertiary/aromatic N) is 1. The van der Waals surface area contributed by atoms with Gasteiger partial charge in [-0.1, -0.05) is 59.1 Å².